The van der Waals surface area contributed by atoms with E-state index in [0.29, 0.717) is 6.54 Å². The van der Waals surface area contributed by atoms with E-state index in [1.54, 1.807) is 10.9 Å². The van der Waals surface area contributed by atoms with E-state index in [1.807, 2.05) is 38.2 Å². The van der Waals surface area contributed by atoms with Crippen molar-refractivity contribution in [3.05, 3.63) is 36.2 Å². The number of benzene rings is 1. The summed E-state index contributed by atoms with van der Waals surface area (Å²) in [5, 5.41) is 6.92. The van der Waals surface area contributed by atoms with Crippen molar-refractivity contribution < 1.29 is 4.79 Å². The van der Waals surface area contributed by atoms with Crippen LogP contribution in [0.3, 0.4) is 0 Å². The van der Waals surface area contributed by atoms with Gasteiger partial charge in [-0.2, -0.15) is 5.10 Å². The third kappa shape index (κ3) is 3.13. The maximum atomic E-state index is 11.5. The predicted octanol–water partition coefficient (Wildman–Crippen LogP) is 1.58. The van der Waals surface area contributed by atoms with E-state index in [4.69, 9.17) is 5.73 Å². The summed E-state index contributed by atoms with van der Waals surface area (Å²) < 4.78 is 1.62. The van der Waals surface area contributed by atoms with E-state index in [0.717, 1.165) is 22.4 Å². The highest BCUT2D eigenvalue weighted by Crippen LogP contribution is 2.23. The van der Waals surface area contributed by atoms with Crippen LogP contribution in [0.25, 0.3) is 11.1 Å². The summed E-state index contributed by atoms with van der Waals surface area (Å²) in [7, 11) is 0. The molecule has 1 aromatic heterocycles. The average Bonchev–Trinajstić information content (AvgIpc) is 2.81. The third-order valence-corrected chi connectivity index (χ3v) is 2.93. The van der Waals surface area contributed by atoms with Gasteiger partial charge in [0.25, 0.3) is 0 Å². The fourth-order valence-corrected chi connectivity index (χ4v) is 1.82. The maximum Gasteiger partial charge on any atom is 0.241 e. The summed E-state index contributed by atoms with van der Waals surface area (Å²) in [5.74, 6) is -0.0411. The molecule has 0 saturated carbocycles. The van der Waals surface area contributed by atoms with Crippen LogP contribution in [0, 0.1) is 6.92 Å². The SMILES string of the molecule is CCNC(=O)Cn1cc(-c2ccc(C)c(N)c2)cn1. The molecule has 3 N–H and O–H groups in total. The number of aryl methyl sites for hydroxylation is 1. The zero-order valence-electron chi connectivity index (χ0n) is 11.2. The molecule has 1 amide bonds. The molecule has 5 heteroatoms. The van der Waals surface area contributed by atoms with Gasteiger partial charge >= 0.3 is 0 Å². The van der Waals surface area contributed by atoms with Gasteiger partial charge in [-0.25, -0.2) is 0 Å². The van der Waals surface area contributed by atoms with E-state index in [-0.39, 0.29) is 12.5 Å². The first-order chi connectivity index (χ1) is 9.10. The molecule has 0 aliphatic heterocycles. The van der Waals surface area contributed by atoms with Gasteiger partial charge < -0.3 is 11.1 Å². The largest absolute Gasteiger partial charge is 0.398 e. The highest BCUT2D eigenvalue weighted by atomic mass is 16.2. The lowest BCUT2D eigenvalue weighted by atomic mass is 10.1. The number of nitrogens with one attached hydrogen (secondary N) is 1. The second-order valence-electron chi connectivity index (χ2n) is 4.45. The summed E-state index contributed by atoms with van der Waals surface area (Å²) >= 11 is 0. The second-order valence-corrected chi connectivity index (χ2v) is 4.45. The van der Waals surface area contributed by atoms with Crippen molar-refractivity contribution in [2.24, 2.45) is 0 Å². The molecule has 0 fully saturated rings. The molecule has 0 bridgehead atoms. The Balaban J connectivity index is 2.16. The van der Waals surface area contributed by atoms with Crippen LogP contribution in [0.2, 0.25) is 0 Å². The number of carbonyl (C=O) groups is 1. The Morgan fingerprint density at radius 1 is 1.42 bits per heavy atom. The number of nitrogens with zero attached hydrogens (tertiary/aromatic N) is 2. The van der Waals surface area contributed by atoms with E-state index < -0.39 is 0 Å². The van der Waals surface area contributed by atoms with Crippen molar-refractivity contribution >= 4 is 11.6 Å². The molecule has 0 aliphatic rings. The molecular weight excluding hydrogens is 240 g/mol. The monoisotopic (exact) mass is 258 g/mol. The summed E-state index contributed by atoms with van der Waals surface area (Å²) in [4.78, 5) is 11.5. The van der Waals surface area contributed by atoms with Crippen LogP contribution in [0.4, 0.5) is 5.69 Å². The molecule has 1 heterocycles. The van der Waals surface area contributed by atoms with E-state index >= 15 is 0 Å². The molecule has 0 atom stereocenters. The van der Waals surface area contributed by atoms with Crippen molar-refractivity contribution in [3.63, 3.8) is 0 Å². The van der Waals surface area contributed by atoms with Gasteiger partial charge in [-0.1, -0.05) is 12.1 Å². The van der Waals surface area contributed by atoms with Gasteiger partial charge in [0.1, 0.15) is 6.54 Å². The number of aromatic nitrogens is 2. The Labute approximate surface area is 112 Å². The van der Waals surface area contributed by atoms with Crippen LogP contribution >= 0.6 is 0 Å². The van der Waals surface area contributed by atoms with Gasteiger partial charge in [-0.3, -0.25) is 9.48 Å². The van der Waals surface area contributed by atoms with Crippen LogP contribution in [-0.2, 0) is 11.3 Å². The van der Waals surface area contributed by atoms with Crippen molar-refractivity contribution in [2.75, 3.05) is 12.3 Å². The standard InChI is InChI=1S/C14H18N4O/c1-3-16-14(19)9-18-8-12(7-17-18)11-5-4-10(2)13(15)6-11/h4-8H,3,9,15H2,1-2H3,(H,16,19). The third-order valence-electron chi connectivity index (χ3n) is 2.93. The second kappa shape index (κ2) is 5.56. The first-order valence-corrected chi connectivity index (χ1v) is 6.26. The van der Waals surface area contributed by atoms with Gasteiger partial charge in [0.05, 0.1) is 6.20 Å². The Bertz CT molecular complexity index is 589. The first kappa shape index (κ1) is 13.1. The Hall–Kier alpha value is -2.30. The molecule has 0 radical (unpaired) electrons. The van der Waals surface area contributed by atoms with E-state index in [9.17, 15) is 4.79 Å². The molecule has 0 spiro atoms. The number of nitrogens with two attached hydrogens (primary N) is 1. The van der Waals surface area contributed by atoms with Gasteiger partial charge in [-0.15, -0.1) is 0 Å². The van der Waals surface area contributed by atoms with Crippen molar-refractivity contribution in [1.82, 2.24) is 15.1 Å². The Morgan fingerprint density at radius 3 is 2.89 bits per heavy atom. The number of rotatable bonds is 4. The normalized spacial score (nSPS) is 10.4. The number of anilines is 1. The smallest absolute Gasteiger partial charge is 0.241 e. The number of nitrogen functional groups attached to an aromatic ring is 1. The van der Waals surface area contributed by atoms with Crippen molar-refractivity contribution in [1.29, 1.82) is 0 Å². The van der Waals surface area contributed by atoms with Gasteiger partial charge in [0.15, 0.2) is 0 Å². The lowest BCUT2D eigenvalue weighted by Gasteiger charge is -2.03. The fourth-order valence-electron chi connectivity index (χ4n) is 1.82. The summed E-state index contributed by atoms with van der Waals surface area (Å²) in [6.45, 7) is 4.72. The molecule has 0 saturated heterocycles. The minimum absolute atomic E-state index is 0.0411. The van der Waals surface area contributed by atoms with Crippen molar-refractivity contribution in [2.45, 2.75) is 20.4 Å². The maximum absolute atomic E-state index is 11.5. The lowest BCUT2D eigenvalue weighted by molar-refractivity contribution is -0.121. The predicted molar refractivity (Wildman–Crippen MR) is 75.5 cm³/mol. The Morgan fingerprint density at radius 2 is 2.21 bits per heavy atom. The molecular formula is C14H18N4O. The first-order valence-electron chi connectivity index (χ1n) is 6.26. The number of hydrogen-bond acceptors (Lipinski definition) is 3. The summed E-state index contributed by atoms with van der Waals surface area (Å²) in [6.07, 6.45) is 3.59. The minimum Gasteiger partial charge on any atom is -0.398 e. The molecule has 2 rings (SSSR count). The van der Waals surface area contributed by atoms with E-state index in [1.165, 1.54) is 0 Å². The van der Waals surface area contributed by atoms with Gasteiger partial charge in [-0.05, 0) is 31.0 Å². The fraction of sp³-hybridized carbons (Fsp3) is 0.286. The van der Waals surface area contributed by atoms with Crippen molar-refractivity contribution in [3.8, 4) is 11.1 Å². The molecule has 1 aromatic carbocycles. The molecule has 0 aliphatic carbocycles. The molecule has 0 unspecified atom stereocenters. The molecule has 2 aromatic rings. The highest BCUT2D eigenvalue weighted by molar-refractivity contribution is 5.76. The zero-order chi connectivity index (χ0) is 13.8. The lowest BCUT2D eigenvalue weighted by Crippen LogP contribution is -2.27. The quantitative estimate of drug-likeness (QED) is 0.818. The molecule has 5 nitrogen and oxygen atoms in total. The number of hydrogen-bond donors (Lipinski definition) is 2. The van der Waals surface area contributed by atoms with Crippen LogP contribution in [-0.4, -0.2) is 22.2 Å². The van der Waals surface area contributed by atoms with Crippen LogP contribution < -0.4 is 11.1 Å². The van der Waals surface area contributed by atoms with Crippen LogP contribution in [0.15, 0.2) is 30.6 Å². The average molecular weight is 258 g/mol. The number of carbonyl (C=O) groups excluding carboxylic acids is 1. The molecule has 19 heavy (non-hydrogen) atoms. The topological polar surface area (TPSA) is 72.9 Å². The molecule has 100 valence electrons. The van der Waals surface area contributed by atoms with Gasteiger partial charge in [0.2, 0.25) is 5.91 Å². The van der Waals surface area contributed by atoms with E-state index in [2.05, 4.69) is 10.4 Å². The summed E-state index contributed by atoms with van der Waals surface area (Å²) in [5.41, 5.74) is 9.67. The van der Waals surface area contributed by atoms with Crippen LogP contribution in [0.5, 0.6) is 0 Å². The zero-order valence-corrected chi connectivity index (χ0v) is 11.2. The number of amides is 1. The summed E-state index contributed by atoms with van der Waals surface area (Å²) in [6, 6.07) is 5.90. The number of likely N-dealkylation sites (N-methyl/N-ethyl adjacent to an activating group) is 1. The Kier molecular flexibility index (Phi) is 3.85. The van der Waals surface area contributed by atoms with Gasteiger partial charge in [0, 0.05) is 24.0 Å². The van der Waals surface area contributed by atoms with Crippen LogP contribution in [0.1, 0.15) is 12.5 Å². The minimum atomic E-state index is -0.0411. The highest BCUT2D eigenvalue weighted by Gasteiger charge is 2.06.